The van der Waals surface area contributed by atoms with Gasteiger partial charge in [0.15, 0.2) is 5.13 Å². The summed E-state index contributed by atoms with van der Waals surface area (Å²) in [4.78, 5) is 22.0. The summed E-state index contributed by atoms with van der Waals surface area (Å²) in [5.74, 6) is 2.41. The van der Waals surface area contributed by atoms with Crippen molar-refractivity contribution >= 4 is 33.3 Å². The van der Waals surface area contributed by atoms with Gasteiger partial charge in [0.25, 0.3) is 0 Å². The first-order valence-corrected chi connectivity index (χ1v) is 10.4. The van der Waals surface area contributed by atoms with Crippen LogP contribution in [0, 0.1) is 6.92 Å². The Bertz CT molecular complexity index is 1240. The van der Waals surface area contributed by atoms with Crippen LogP contribution in [0.4, 0.5) is 5.13 Å². The summed E-state index contributed by atoms with van der Waals surface area (Å²) in [5.41, 5.74) is 1.53. The molecule has 31 heavy (non-hydrogen) atoms. The van der Waals surface area contributed by atoms with E-state index in [2.05, 4.69) is 15.3 Å². The molecule has 8 heteroatoms. The zero-order valence-corrected chi connectivity index (χ0v) is 18.2. The fourth-order valence-corrected chi connectivity index (χ4v) is 3.81. The van der Waals surface area contributed by atoms with Gasteiger partial charge in [0.2, 0.25) is 5.91 Å². The molecule has 0 aliphatic rings. The first kappa shape index (κ1) is 20.6. The maximum Gasteiger partial charge on any atom is 0.230 e. The lowest BCUT2D eigenvalue weighted by Gasteiger charge is -2.13. The molecule has 0 saturated heterocycles. The standard InChI is InChI=1S/C23H21N3O4S/c1-14-13-25-23(31-14)26-22(27)10-15-4-5-17(12-21(15)29-3)30-20-8-9-24-19-11-16(28-2)6-7-18(19)20/h4-9,11-13H,10H2,1-3H3,(H,25,26,27). The molecular weight excluding hydrogens is 414 g/mol. The fraction of sp³-hybridized carbons (Fsp3) is 0.174. The SMILES string of the molecule is COc1ccc2c(Oc3ccc(CC(=O)Nc4ncc(C)s4)c(OC)c3)ccnc2c1. The van der Waals surface area contributed by atoms with Crippen molar-refractivity contribution in [2.24, 2.45) is 0 Å². The summed E-state index contributed by atoms with van der Waals surface area (Å²) in [6.45, 7) is 1.94. The van der Waals surface area contributed by atoms with E-state index >= 15 is 0 Å². The number of methoxy groups -OCH3 is 2. The van der Waals surface area contributed by atoms with Crippen molar-refractivity contribution in [2.45, 2.75) is 13.3 Å². The number of carbonyl (C=O) groups excluding carboxylic acids is 1. The van der Waals surface area contributed by atoms with E-state index in [1.165, 1.54) is 11.3 Å². The zero-order chi connectivity index (χ0) is 21.8. The molecule has 7 nitrogen and oxygen atoms in total. The summed E-state index contributed by atoms with van der Waals surface area (Å²) in [6.07, 6.45) is 3.58. The molecule has 4 rings (SSSR count). The van der Waals surface area contributed by atoms with E-state index in [1.807, 2.05) is 37.3 Å². The number of fused-ring (bicyclic) bond motifs is 1. The van der Waals surface area contributed by atoms with Gasteiger partial charge in [-0.2, -0.15) is 0 Å². The van der Waals surface area contributed by atoms with Gasteiger partial charge in [0.1, 0.15) is 23.0 Å². The van der Waals surface area contributed by atoms with E-state index in [0.717, 1.165) is 27.1 Å². The van der Waals surface area contributed by atoms with Gasteiger partial charge < -0.3 is 19.5 Å². The lowest BCUT2D eigenvalue weighted by atomic mass is 10.1. The van der Waals surface area contributed by atoms with Crippen LogP contribution in [-0.4, -0.2) is 30.1 Å². The molecule has 0 bridgehead atoms. The van der Waals surface area contributed by atoms with Gasteiger partial charge in [0.05, 0.1) is 26.2 Å². The first-order chi connectivity index (χ1) is 15.1. The van der Waals surface area contributed by atoms with Gasteiger partial charge in [-0.15, -0.1) is 11.3 Å². The van der Waals surface area contributed by atoms with Crippen LogP contribution in [0.25, 0.3) is 10.9 Å². The molecule has 158 valence electrons. The molecule has 2 heterocycles. The molecule has 0 atom stereocenters. The number of aromatic nitrogens is 2. The lowest BCUT2D eigenvalue weighted by molar-refractivity contribution is -0.115. The van der Waals surface area contributed by atoms with Crippen molar-refractivity contribution in [2.75, 3.05) is 19.5 Å². The quantitative estimate of drug-likeness (QED) is 0.440. The number of benzene rings is 2. The Balaban J connectivity index is 1.53. The van der Waals surface area contributed by atoms with Crippen molar-refractivity contribution < 1.29 is 19.0 Å². The third-order valence-electron chi connectivity index (χ3n) is 4.61. The zero-order valence-electron chi connectivity index (χ0n) is 17.3. The number of aryl methyl sites for hydroxylation is 1. The second-order valence-corrected chi connectivity index (χ2v) is 8.00. The lowest BCUT2D eigenvalue weighted by Crippen LogP contribution is -2.14. The van der Waals surface area contributed by atoms with Gasteiger partial charge >= 0.3 is 0 Å². The highest BCUT2D eigenvalue weighted by Gasteiger charge is 2.13. The van der Waals surface area contributed by atoms with Gasteiger partial charge in [-0.3, -0.25) is 9.78 Å². The third-order valence-corrected chi connectivity index (χ3v) is 5.44. The van der Waals surface area contributed by atoms with Crippen LogP contribution in [0.3, 0.4) is 0 Å². The Labute approximate surface area is 183 Å². The third kappa shape index (κ3) is 4.75. The van der Waals surface area contributed by atoms with Crippen LogP contribution in [0.2, 0.25) is 0 Å². The number of hydrogen-bond donors (Lipinski definition) is 1. The number of nitrogens with zero attached hydrogens (tertiary/aromatic N) is 2. The number of carbonyl (C=O) groups is 1. The molecule has 0 spiro atoms. The van der Waals surface area contributed by atoms with Crippen LogP contribution in [-0.2, 0) is 11.2 Å². The van der Waals surface area contributed by atoms with E-state index in [0.29, 0.717) is 22.4 Å². The predicted octanol–water partition coefficient (Wildman–Crippen LogP) is 4.99. The van der Waals surface area contributed by atoms with E-state index < -0.39 is 0 Å². The topological polar surface area (TPSA) is 82.6 Å². The summed E-state index contributed by atoms with van der Waals surface area (Å²) < 4.78 is 16.9. The molecule has 0 saturated carbocycles. The Morgan fingerprint density at radius 2 is 1.84 bits per heavy atom. The van der Waals surface area contributed by atoms with Gasteiger partial charge in [-0.25, -0.2) is 4.98 Å². The number of hydrogen-bond acceptors (Lipinski definition) is 7. The molecule has 0 unspecified atom stereocenters. The van der Waals surface area contributed by atoms with Crippen LogP contribution in [0.1, 0.15) is 10.4 Å². The van der Waals surface area contributed by atoms with E-state index in [9.17, 15) is 4.79 Å². The number of ether oxygens (including phenoxy) is 3. The minimum atomic E-state index is -0.157. The minimum absolute atomic E-state index is 0.157. The number of anilines is 1. The van der Waals surface area contributed by atoms with Crippen molar-refractivity contribution in [1.82, 2.24) is 9.97 Å². The molecule has 1 amide bonds. The highest BCUT2D eigenvalue weighted by molar-refractivity contribution is 7.15. The summed E-state index contributed by atoms with van der Waals surface area (Å²) in [7, 11) is 3.19. The highest BCUT2D eigenvalue weighted by Crippen LogP contribution is 2.33. The Hall–Kier alpha value is -3.65. The maximum atomic E-state index is 12.4. The second-order valence-electron chi connectivity index (χ2n) is 6.77. The summed E-state index contributed by atoms with van der Waals surface area (Å²) >= 11 is 1.44. The molecule has 4 aromatic rings. The number of thiazole rings is 1. The van der Waals surface area contributed by atoms with E-state index in [-0.39, 0.29) is 12.3 Å². The van der Waals surface area contributed by atoms with Crippen molar-refractivity contribution in [3.63, 3.8) is 0 Å². The van der Waals surface area contributed by atoms with Gasteiger partial charge in [0, 0.05) is 40.4 Å². The number of amides is 1. The normalized spacial score (nSPS) is 10.7. The minimum Gasteiger partial charge on any atom is -0.497 e. The largest absolute Gasteiger partial charge is 0.497 e. The molecule has 1 N–H and O–H groups in total. The van der Waals surface area contributed by atoms with Crippen LogP contribution in [0.15, 0.2) is 54.9 Å². The second kappa shape index (κ2) is 9.01. The van der Waals surface area contributed by atoms with Crippen molar-refractivity contribution in [1.29, 1.82) is 0 Å². The predicted molar refractivity (Wildman–Crippen MR) is 121 cm³/mol. The average Bonchev–Trinajstić information content (AvgIpc) is 3.18. The molecule has 0 fully saturated rings. The Kier molecular flexibility index (Phi) is 5.99. The molecule has 0 aliphatic heterocycles. The number of nitrogens with one attached hydrogen (secondary N) is 1. The Morgan fingerprint density at radius 1 is 1.00 bits per heavy atom. The average molecular weight is 436 g/mol. The fourth-order valence-electron chi connectivity index (χ4n) is 3.13. The summed E-state index contributed by atoms with van der Waals surface area (Å²) in [6, 6.07) is 12.8. The molecule has 2 aromatic heterocycles. The number of rotatable bonds is 7. The van der Waals surface area contributed by atoms with E-state index in [1.54, 1.807) is 38.7 Å². The van der Waals surface area contributed by atoms with Crippen molar-refractivity contribution in [3.05, 3.63) is 65.3 Å². The summed E-state index contributed by atoms with van der Waals surface area (Å²) in [5, 5.41) is 4.26. The van der Waals surface area contributed by atoms with Crippen LogP contribution in [0.5, 0.6) is 23.0 Å². The Morgan fingerprint density at radius 3 is 2.58 bits per heavy atom. The maximum absolute atomic E-state index is 12.4. The van der Waals surface area contributed by atoms with Crippen LogP contribution >= 0.6 is 11.3 Å². The number of pyridine rings is 1. The molecule has 0 radical (unpaired) electrons. The van der Waals surface area contributed by atoms with Crippen molar-refractivity contribution in [3.8, 4) is 23.0 Å². The smallest absolute Gasteiger partial charge is 0.230 e. The molecule has 2 aromatic carbocycles. The first-order valence-electron chi connectivity index (χ1n) is 9.55. The van der Waals surface area contributed by atoms with Gasteiger partial charge in [-0.05, 0) is 31.2 Å². The monoisotopic (exact) mass is 435 g/mol. The van der Waals surface area contributed by atoms with Gasteiger partial charge in [-0.1, -0.05) is 6.07 Å². The highest BCUT2D eigenvalue weighted by atomic mass is 32.1. The van der Waals surface area contributed by atoms with Crippen LogP contribution < -0.4 is 19.5 Å². The molecular formula is C23H21N3O4S. The van der Waals surface area contributed by atoms with E-state index in [4.69, 9.17) is 14.2 Å². The molecule has 0 aliphatic carbocycles.